The average molecular weight is 287 g/mol. The number of nitrogens with zero attached hydrogens (tertiary/aromatic N) is 1. The van der Waals surface area contributed by atoms with Crippen LogP contribution in [-0.4, -0.2) is 36.2 Å². The number of hydrogen-bond acceptors (Lipinski definition) is 2. The van der Waals surface area contributed by atoms with Crippen LogP contribution in [0.3, 0.4) is 0 Å². The van der Waals surface area contributed by atoms with E-state index in [4.69, 9.17) is 0 Å². The zero-order valence-corrected chi connectivity index (χ0v) is 12.4. The van der Waals surface area contributed by atoms with E-state index >= 15 is 0 Å². The van der Waals surface area contributed by atoms with Gasteiger partial charge in [0.1, 0.15) is 5.82 Å². The SMILES string of the molecule is C=C/C=C(\C)CN1CC=C(c2ccc(F)cc2)C(CO)C1. The Morgan fingerprint density at radius 1 is 1.43 bits per heavy atom. The third kappa shape index (κ3) is 4.13. The molecule has 2 rings (SSSR count). The molecule has 1 unspecified atom stereocenters. The Bertz CT molecular complexity index is 545. The quantitative estimate of drug-likeness (QED) is 0.840. The second kappa shape index (κ2) is 7.34. The molecule has 1 N–H and O–H groups in total. The fraction of sp³-hybridized carbons (Fsp3) is 0.333. The summed E-state index contributed by atoms with van der Waals surface area (Å²) in [6, 6.07) is 6.49. The number of aliphatic hydroxyl groups excluding tert-OH is 1. The van der Waals surface area contributed by atoms with Gasteiger partial charge in [-0.05, 0) is 30.2 Å². The van der Waals surface area contributed by atoms with Gasteiger partial charge in [0.05, 0.1) is 6.61 Å². The van der Waals surface area contributed by atoms with Crippen molar-refractivity contribution in [3.8, 4) is 0 Å². The summed E-state index contributed by atoms with van der Waals surface area (Å²) in [7, 11) is 0. The normalized spacial score (nSPS) is 20.2. The average Bonchev–Trinajstić information content (AvgIpc) is 2.48. The molecule has 0 radical (unpaired) electrons. The van der Waals surface area contributed by atoms with Crippen molar-refractivity contribution in [3.63, 3.8) is 0 Å². The molecule has 1 heterocycles. The molecule has 0 saturated carbocycles. The van der Waals surface area contributed by atoms with Crippen molar-refractivity contribution in [2.75, 3.05) is 26.2 Å². The number of benzene rings is 1. The summed E-state index contributed by atoms with van der Waals surface area (Å²) in [6.45, 7) is 8.40. The lowest BCUT2D eigenvalue weighted by atomic mass is 9.89. The highest BCUT2D eigenvalue weighted by Gasteiger charge is 2.23. The summed E-state index contributed by atoms with van der Waals surface area (Å²) in [6.07, 6.45) is 5.94. The Morgan fingerprint density at radius 2 is 2.14 bits per heavy atom. The van der Waals surface area contributed by atoms with Crippen LogP contribution in [0.2, 0.25) is 0 Å². The van der Waals surface area contributed by atoms with Gasteiger partial charge in [0.15, 0.2) is 0 Å². The van der Waals surface area contributed by atoms with Crippen molar-refractivity contribution in [3.05, 3.63) is 66.0 Å². The molecule has 1 aliphatic heterocycles. The smallest absolute Gasteiger partial charge is 0.123 e. The highest BCUT2D eigenvalue weighted by Crippen LogP contribution is 2.28. The molecule has 0 fully saturated rings. The first-order valence-electron chi connectivity index (χ1n) is 7.21. The molecule has 112 valence electrons. The zero-order chi connectivity index (χ0) is 15.2. The lowest BCUT2D eigenvalue weighted by molar-refractivity contribution is 0.201. The van der Waals surface area contributed by atoms with E-state index in [1.807, 2.05) is 6.08 Å². The Hall–Kier alpha value is -1.71. The second-order valence-corrected chi connectivity index (χ2v) is 5.49. The number of rotatable bonds is 5. The van der Waals surface area contributed by atoms with Crippen LogP contribution in [0.25, 0.3) is 5.57 Å². The van der Waals surface area contributed by atoms with Crippen LogP contribution < -0.4 is 0 Å². The van der Waals surface area contributed by atoms with E-state index in [0.29, 0.717) is 0 Å². The Labute approximate surface area is 125 Å². The monoisotopic (exact) mass is 287 g/mol. The first kappa shape index (κ1) is 15.7. The van der Waals surface area contributed by atoms with E-state index in [1.165, 1.54) is 17.7 Å². The minimum atomic E-state index is -0.234. The molecule has 21 heavy (non-hydrogen) atoms. The van der Waals surface area contributed by atoms with Gasteiger partial charge in [-0.2, -0.15) is 0 Å². The molecule has 0 aliphatic carbocycles. The lowest BCUT2D eigenvalue weighted by Crippen LogP contribution is -2.36. The first-order valence-corrected chi connectivity index (χ1v) is 7.21. The molecular weight excluding hydrogens is 265 g/mol. The van der Waals surface area contributed by atoms with Crippen molar-refractivity contribution in [1.82, 2.24) is 4.90 Å². The highest BCUT2D eigenvalue weighted by atomic mass is 19.1. The van der Waals surface area contributed by atoms with Crippen LogP contribution >= 0.6 is 0 Å². The molecule has 0 amide bonds. The second-order valence-electron chi connectivity index (χ2n) is 5.49. The van der Waals surface area contributed by atoms with Crippen molar-refractivity contribution in [1.29, 1.82) is 0 Å². The fourth-order valence-corrected chi connectivity index (χ4v) is 2.77. The van der Waals surface area contributed by atoms with Gasteiger partial charge in [-0.25, -0.2) is 4.39 Å². The summed E-state index contributed by atoms with van der Waals surface area (Å²) >= 11 is 0. The molecule has 0 saturated heterocycles. The first-order chi connectivity index (χ1) is 10.1. The van der Waals surface area contributed by atoms with E-state index in [9.17, 15) is 9.50 Å². The number of aliphatic hydroxyl groups is 1. The number of allylic oxidation sites excluding steroid dienone is 2. The van der Waals surface area contributed by atoms with Gasteiger partial charge in [-0.3, -0.25) is 4.90 Å². The van der Waals surface area contributed by atoms with Gasteiger partial charge in [-0.1, -0.05) is 42.5 Å². The van der Waals surface area contributed by atoms with Gasteiger partial charge in [0.25, 0.3) is 0 Å². The van der Waals surface area contributed by atoms with Crippen molar-refractivity contribution < 1.29 is 9.50 Å². The van der Waals surface area contributed by atoms with Gasteiger partial charge < -0.3 is 5.11 Å². The Kier molecular flexibility index (Phi) is 5.48. The van der Waals surface area contributed by atoms with Crippen LogP contribution in [0.4, 0.5) is 4.39 Å². The summed E-state index contributed by atoms with van der Waals surface area (Å²) in [5.74, 6) is -0.164. The maximum Gasteiger partial charge on any atom is 0.123 e. The van der Waals surface area contributed by atoms with Crippen LogP contribution in [0.1, 0.15) is 12.5 Å². The third-order valence-electron chi connectivity index (χ3n) is 3.76. The van der Waals surface area contributed by atoms with Crippen LogP contribution in [0, 0.1) is 11.7 Å². The van der Waals surface area contributed by atoms with Crippen LogP contribution in [0.15, 0.2) is 54.6 Å². The summed E-state index contributed by atoms with van der Waals surface area (Å²) in [4.78, 5) is 2.29. The minimum Gasteiger partial charge on any atom is -0.396 e. The summed E-state index contributed by atoms with van der Waals surface area (Å²) in [5, 5.41) is 9.66. The molecule has 0 aromatic heterocycles. The summed E-state index contributed by atoms with van der Waals surface area (Å²) in [5.41, 5.74) is 3.35. The van der Waals surface area contributed by atoms with E-state index in [1.54, 1.807) is 18.2 Å². The van der Waals surface area contributed by atoms with Crippen molar-refractivity contribution in [2.24, 2.45) is 5.92 Å². The molecule has 1 aliphatic rings. The molecule has 2 nitrogen and oxygen atoms in total. The summed E-state index contributed by atoms with van der Waals surface area (Å²) < 4.78 is 13.0. The lowest BCUT2D eigenvalue weighted by Gasteiger charge is -2.32. The molecule has 0 spiro atoms. The minimum absolute atomic E-state index is 0.0701. The maximum atomic E-state index is 13.0. The largest absolute Gasteiger partial charge is 0.396 e. The third-order valence-corrected chi connectivity index (χ3v) is 3.76. The van der Waals surface area contributed by atoms with E-state index < -0.39 is 0 Å². The van der Waals surface area contributed by atoms with Gasteiger partial charge in [0, 0.05) is 25.6 Å². The molecule has 0 bridgehead atoms. The predicted octanol–water partition coefficient (Wildman–Crippen LogP) is 3.27. The molecule has 1 aromatic rings. The maximum absolute atomic E-state index is 13.0. The zero-order valence-electron chi connectivity index (χ0n) is 12.4. The van der Waals surface area contributed by atoms with E-state index in [-0.39, 0.29) is 18.3 Å². The van der Waals surface area contributed by atoms with Gasteiger partial charge in [-0.15, -0.1) is 0 Å². The standard InChI is InChI=1S/C18H22FNO/c1-3-4-14(2)11-20-10-9-18(16(12-20)13-21)15-5-7-17(19)8-6-15/h3-9,16,21H,1,10-13H2,2H3/b14-4+. The fourth-order valence-electron chi connectivity index (χ4n) is 2.77. The van der Waals surface area contributed by atoms with Crippen LogP contribution in [-0.2, 0) is 0 Å². The molecule has 3 heteroatoms. The predicted molar refractivity (Wildman–Crippen MR) is 85.3 cm³/mol. The van der Waals surface area contributed by atoms with Gasteiger partial charge in [0.2, 0.25) is 0 Å². The topological polar surface area (TPSA) is 23.5 Å². The number of hydrogen-bond donors (Lipinski definition) is 1. The Balaban J connectivity index is 2.13. The van der Waals surface area contributed by atoms with E-state index in [0.717, 1.165) is 30.8 Å². The van der Waals surface area contributed by atoms with E-state index in [2.05, 4.69) is 24.5 Å². The molecular formula is C18H22FNO. The highest BCUT2D eigenvalue weighted by molar-refractivity contribution is 5.68. The Morgan fingerprint density at radius 3 is 2.76 bits per heavy atom. The van der Waals surface area contributed by atoms with Gasteiger partial charge >= 0.3 is 0 Å². The van der Waals surface area contributed by atoms with Crippen molar-refractivity contribution in [2.45, 2.75) is 6.92 Å². The van der Waals surface area contributed by atoms with Crippen molar-refractivity contribution >= 4 is 5.57 Å². The number of halogens is 1. The molecule has 1 aromatic carbocycles. The van der Waals surface area contributed by atoms with Crippen LogP contribution in [0.5, 0.6) is 0 Å². The molecule has 1 atom stereocenters.